The minimum atomic E-state index is 0. The van der Waals surface area contributed by atoms with Gasteiger partial charge in [-0.15, -0.1) is 24.0 Å². The molecule has 1 aromatic heterocycles. The molecular formula is C20H36IN5O. The smallest absolute Gasteiger partial charge is 0.193 e. The molecule has 27 heavy (non-hydrogen) atoms. The topological polar surface area (TPSA) is 56.9 Å². The Morgan fingerprint density at radius 1 is 1.22 bits per heavy atom. The van der Waals surface area contributed by atoms with Crippen molar-refractivity contribution < 1.29 is 4.52 Å². The number of aryl methyl sites for hydroxylation is 1. The first-order chi connectivity index (χ1) is 12.7. The minimum Gasteiger partial charge on any atom is -0.361 e. The van der Waals surface area contributed by atoms with Gasteiger partial charge in [-0.05, 0) is 19.3 Å². The van der Waals surface area contributed by atoms with Crippen LogP contribution in [0.5, 0.6) is 0 Å². The van der Waals surface area contributed by atoms with E-state index in [1.54, 1.807) is 0 Å². The van der Waals surface area contributed by atoms with Gasteiger partial charge in [0.05, 0.1) is 5.69 Å². The lowest BCUT2D eigenvalue weighted by atomic mass is 10.0. The van der Waals surface area contributed by atoms with Gasteiger partial charge in [0, 0.05) is 52.4 Å². The average molecular weight is 489 g/mol. The number of aliphatic imine (C=N–C) groups is 1. The lowest BCUT2D eigenvalue weighted by molar-refractivity contribution is 0.169. The zero-order valence-corrected chi connectivity index (χ0v) is 19.3. The molecule has 154 valence electrons. The third-order valence-electron chi connectivity index (χ3n) is 5.74. The van der Waals surface area contributed by atoms with Crippen LogP contribution < -0.4 is 5.32 Å². The van der Waals surface area contributed by atoms with Gasteiger partial charge >= 0.3 is 0 Å². The van der Waals surface area contributed by atoms with E-state index in [-0.39, 0.29) is 24.0 Å². The van der Waals surface area contributed by atoms with Crippen LogP contribution in [-0.4, -0.2) is 60.7 Å². The Morgan fingerprint density at radius 2 is 1.96 bits per heavy atom. The van der Waals surface area contributed by atoms with Crippen molar-refractivity contribution >= 4 is 29.9 Å². The van der Waals surface area contributed by atoms with Crippen molar-refractivity contribution in [3.8, 4) is 0 Å². The fourth-order valence-corrected chi connectivity index (χ4v) is 4.23. The Bertz CT molecular complexity index is 562. The number of guanidine groups is 1. The van der Waals surface area contributed by atoms with Crippen LogP contribution in [-0.2, 0) is 6.54 Å². The average Bonchev–Trinajstić information content (AvgIpc) is 3.31. The van der Waals surface area contributed by atoms with Crippen LogP contribution in [0.2, 0.25) is 0 Å². The van der Waals surface area contributed by atoms with Gasteiger partial charge in [0.2, 0.25) is 0 Å². The van der Waals surface area contributed by atoms with E-state index in [4.69, 9.17) is 4.52 Å². The maximum absolute atomic E-state index is 5.16. The van der Waals surface area contributed by atoms with Crippen LogP contribution >= 0.6 is 24.0 Å². The maximum atomic E-state index is 5.16. The molecule has 0 radical (unpaired) electrons. The van der Waals surface area contributed by atoms with Crippen molar-refractivity contribution in [2.24, 2.45) is 10.9 Å². The van der Waals surface area contributed by atoms with Gasteiger partial charge in [0.15, 0.2) is 5.96 Å². The predicted octanol–water partition coefficient (Wildman–Crippen LogP) is 3.65. The van der Waals surface area contributed by atoms with Crippen molar-refractivity contribution in [1.29, 1.82) is 0 Å². The monoisotopic (exact) mass is 489 g/mol. The highest BCUT2D eigenvalue weighted by Gasteiger charge is 2.20. The van der Waals surface area contributed by atoms with Gasteiger partial charge in [-0.3, -0.25) is 9.89 Å². The molecular weight excluding hydrogens is 453 g/mol. The highest BCUT2D eigenvalue weighted by atomic mass is 127. The Morgan fingerprint density at radius 3 is 2.59 bits per heavy atom. The van der Waals surface area contributed by atoms with E-state index in [9.17, 15) is 0 Å². The third-order valence-corrected chi connectivity index (χ3v) is 5.74. The predicted molar refractivity (Wildman–Crippen MR) is 121 cm³/mol. The maximum Gasteiger partial charge on any atom is 0.193 e. The van der Waals surface area contributed by atoms with Crippen molar-refractivity contribution in [2.45, 2.75) is 58.4 Å². The summed E-state index contributed by atoms with van der Waals surface area (Å²) in [6.07, 6.45) is 9.86. The van der Waals surface area contributed by atoms with Gasteiger partial charge in [0.1, 0.15) is 5.76 Å². The summed E-state index contributed by atoms with van der Waals surface area (Å²) < 4.78 is 5.16. The summed E-state index contributed by atoms with van der Waals surface area (Å²) in [5, 5.41) is 7.66. The van der Waals surface area contributed by atoms with E-state index in [1.807, 2.05) is 20.0 Å². The number of rotatable bonds is 7. The number of hydrogen-bond donors (Lipinski definition) is 1. The third kappa shape index (κ3) is 7.25. The molecule has 1 aliphatic heterocycles. The molecule has 0 unspecified atom stereocenters. The number of piperazine rings is 1. The van der Waals surface area contributed by atoms with Gasteiger partial charge in [-0.2, -0.15) is 0 Å². The first-order valence-electron chi connectivity index (χ1n) is 10.3. The summed E-state index contributed by atoms with van der Waals surface area (Å²) in [4.78, 5) is 9.29. The van der Waals surface area contributed by atoms with E-state index < -0.39 is 0 Å². The zero-order valence-electron chi connectivity index (χ0n) is 17.0. The summed E-state index contributed by atoms with van der Waals surface area (Å²) in [5.41, 5.74) is 1.03. The molecule has 2 fully saturated rings. The number of unbranched alkanes of at least 4 members (excludes halogenated alkanes) is 1. The Balaban J connectivity index is 0.00000261. The highest BCUT2D eigenvalue weighted by Crippen LogP contribution is 2.28. The second-order valence-corrected chi connectivity index (χ2v) is 7.81. The van der Waals surface area contributed by atoms with Gasteiger partial charge < -0.3 is 14.7 Å². The fraction of sp³-hybridized carbons (Fsp3) is 0.800. The second-order valence-electron chi connectivity index (χ2n) is 7.81. The zero-order chi connectivity index (χ0) is 18.2. The standard InChI is InChI=1S/C20H35N5O.HI/c1-17-15-19(23-26-17)16-24-11-13-25(14-12-24)20(21-2)22-10-6-5-9-18-7-3-4-8-18;/h15,18H,3-14,16H2,1-2H3,(H,21,22);1H. The molecule has 0 atom stereocenters. The Kier molecular flexibility index (Phi) is 9.89. The van der Waals surface area contributed by atoms with Crippen molar-refractivity contribution in [3.63, 3.8) is 0 Å². The molecule has 0 aromatic carbocycles. The normalized spacial score (nSPS) is 19.3. The van der Waals surface area contributed by atoms with Crippen molar-refractivity contribution in [2.75, 3.05) is 39.8 Å². The number of nitrogens with zero attached hydrogens (tertiary/aromatic N) is 4. The molecule has 2 heterocycles. The molecule has 2 aliphatic rings. The quantitative estimate of drug-likeness (QED) is 0.274. The molecule has 6 nitrogen and oxygen atoms in total. The summed E-state index contributed by atoms with van der Waals surface area (Å²) in [6.45, 7) is 7.95. The molecule has 1 aromatic rings. The molecule has 1 N–H and O–H groups in total. The van der Waals surface area contributed by atoms with E-state index in [0.29, 0.717) is 0 Å². The summed E-state index contributed by atoms with van der Waals surface area (Å²) >= 11 is 0. The van der Waals surface area contributed by atoms with Gasteiger partial charge in [-0.25, -0.2) is 0 Å². The van der Waals surface area contributed by atoms with Crippen LogP contribution in [0.25, 0.3) is 0 Å². The van der Waals surface area contributed by atoms with E-state index in [2.05, 4.69) is 25.3 Å². The molecule has 0 spiro atoms. The largest absolute Gasteiger partial charge is 0.361 e. The molecule has 0 amide bonds. The molecule has 7 heteroatoms. The molecule has 1 saturated heterocycles. The first kappa shape index (κ1) is 22.5. The molecule has 0 bridgehead atoms. The number of nitrogens with one attached hydrogen (secondary N) is 1. The van der Waals surface area contributed by atoms with Gasteiger partial charge in [-0.1, -0.05) is 43.7 Å². The van der Waals surface area contributed by atoms with Crippen molar-refractivity contribution in [3.05, 3.63) is 17.5 Å². The molecule has 3 rings (SSSR count). The van der Waals surface area contributed by atoms with Crippen LogP contribution in [0.15, 0.2) is 15.6 Å². The van der Waals surface area contributed by atoms with Crippen LogP contribution in [0.3, 0.4) is 0 Å². The Labute approximate surface area is 181 Å². The van der Waals surface area contributed by atoms with Crippen molar-refractivity contribution in [1.82, 2.24) is 20.3 Å². The van der Waals surface area contributed by atoms with E-state index in [0.717, 1.165) is 62.6 Å². The molecule has 1 aliphatic carbocycles. The minimum absolute atomic E-state index is 0. The summed E-state index contributed by atoms with van der Waals surface area (Å²) in [7, 11) is 1.89. The number of hydrogen-bond acceptors (Lipinski definition) is 4. The lowest BCUT2D eigenvalue weighted by Crippen LogP contribution is -2.52. The van der Waals surface area contributed by atoms with Crippen LogP contribution in [0.4, 0.5) is 0 Å². The van der Waals surface area contributed by atoms with E-state index >= 15 is 0 Å². The van der Waals surface area contributed by atoms with E-state index in [1.165, 1.54) is 44.9 Å². The summed E-state index contributed by atoms with van der Waals surface area (Å²) in [6, 6.07) is 2.03. The first-order valence-corrected chi connectivity index (χ1v) is 10.3. The van der Waals surface area contributed by atoms with Gasteiger partial charge in [0.25, 0.3) is 0 Å². The highest BCUT2D eigenvalue weighted by molar-refractivity contribution is 14.0. The molecule has 1 saturated carbocycles. The summed E-state index contributed by atoms with van der Waals surface area (Å²) in [5.74, 6) is 2.95. The SMILES string of the molecule is CN=C(NCCCCC1CCCC1)N1CCN(Cc2cc(C)on2)CC1.I. The lowest BCUT2D eigenvalue weighted by Gasteiger charge is -2.36. The van der Waals surface area contributed by atoms with Crippen LogP contribution in [0.1, 0.15) is 56.4 Å². The fourth-order valence-electron chi connectivity index (χ4n) is 4.23. The Hall–Kier alpha value is -0.830. The van der Waals surface area contributed by atoms with Crippen LogP contribution in [0, 0.1) is 12.8 Å². The number of aromatic nitrogens is 1. The number of halogens is 1. The second kappa shape index (κ2) is 11.9.